The van der Waals surface area contributed by atoms with Gasteiger partial charge in [-0.2, -0.15) is 5.10 Å². The van der Waals surface area contributed by atoms with Gasteiger partial charge in [0.05, 0.1) is 23.4 Å². The predicted octanol–water partition coefficient (Wildman–Crippen LogP) is 2.92. The Morgan fingerprint density at radius 1 is 1.12 bits per heavy atom. The summed E-state index contributed by atoms with van der Waals surface area (Å²) in [5, 5.41) is 15.7. The van der Waals surface area contributed by atoms with Crippen LogP contribution in [0.1, 0.15) is 53.5 Å². The number of piperidine rings is 1. The Morgan fingerprint density at radius 3 is 2.88 bits per heavy atom. The molecule has 2 fully saturated rings. The van der Waals surface area contributed by atoms with E-state index in [9.17, 15) is 9.90 Å². The minimum atomic E-state index is -0.306. The van der Waals surface area contributed by atoms with Crippen LogP contribution in [0.4, 0.5) is 5.82 Å². The number of nitrogens with zero attached hydrogens (tertiary/aromatic N) is 7. The maximum Gasteiger partial charge on any atom is 0.273 e. The second kappa shape index (κ2) is 8.32. The summed E-state index contributed by atoms with van der Waals surface area (Å²) < 4.78 is 1.80. The predicted molar refractivity (Wildman–Crippen MR) is 128 cm³/mol. The molecule has 34 heavy (non-hydrogen) atoms. The lowest BCUT2D eigenvalue weighted by Gasteiger charge is -2.34. The molecule has 1 amide bonds. The molecule has 0 spiro atoms. The molecule has 174 valence electrons. The molecule has 0 radical (unpaired) electrons. The molecule has 2 aliphatic heterocycles. The number of rotatable bonds is 3. The lowest BCUT2D eigenvalue weighted by molar-refractivity contribution is 0.0600. The van der Waals surface area contributed by atoms with Crippen molar-refractivity contribution in [1.82, 2.24) is 29.5 Å². The summed E-state index contributed by atoms with van der Waals surface area (Å²) in [5.74, 6) is 0.818. The van der Waals surface area contributed by atoms with Crippen LogP contribution in [0.5, 0.6) is 0 Å². The third kappa shape index (κ3) is 3.66. The number of aryl methyl sites for hydroxylation is 1. The number of aliphatic hydroxyl groups is 1. The van der Waals surface area contributed by atoms with Crippen molar-refractivity contribution in [2.75, 3.05) is 24.5 Å². The third-order valence-electron chi connectivity index (χ3n) is 6.90. The maximum absolute atomic E-state index is 13.5. The van der Waals surface area contributed by atoms with E-state index in [0.717, 1.165) is 65.9 Å². The van der Waals surface area contributed by atoms with E-state index < -0.39 is 0 Å². The normalized spacial score (nSPS) is 21.0. The van der Waals surface area contributed by atoms with Crippen LogP contribution in [0.3, 0.4) is 0 Å². The number of fused-ring (bicyclic) bond motifs is 2. The van der Waals surface area contributed by atoms with E-state index >= 15 is 0 Å². The first-order valence-corrected chi connectivity index (χ1v) is 11.9. The summed E-state index contributed by atoms with van der Waals surface area (Å²) in [7, 11) is 0. The Hall–Kier alpha value is -3.59. The first-order chi connectivity index (χ1) is 16.6. The van der Waals surface area contributed by atoms with Gasteiger partial charge >= 0.3 is 0 Å². The van der Waals surface area contributed by atoms with Crippen molar-refractivity contribution in [2.24, 2.45) is 0 Å². The van der Waals surface area contributed by atoms with Gasteiger partial charge in [-0.25, -0.2) is 14.5 Å². The standard InChI is InChI=1S/C25H27N7O2/c1-16-14-32-23(28-24(16)30-11-8-18(33)15-30)12-21(29-32)22-4-2-3-10-31(22)25(34)20-6-5-17-13-26-9-7-19(17)27-20/h5-7,9,12-14,18,22,33H,2-4,8,10-11,15H2,1H3/t18-,22+/m1/s1. The van der Waals surface area contributed by atoms with Crippen molar-refractivity contribution in [2.45, 2.75) is 44.8 Å². The van der Waals surface area contributed by atoms with Gasteiger partial charge in [-0.3, -0.25) is 9.78 Å². The summed E-state index contributed by atoms with van der Waals surface area (Å²) >= 11 is 0. The van der Waals surface area contributed by atoms with Crippen LogP contribution in [0, 0.1) is 6.92 Å². The average molecular weight is 458 g/mol. The number of aromatic nitrogens is 5. The van der Waals surface area contributed by atoms with Crippen LogP contribution in [0.25, 0.3) is 16.6 Å². The number of amides is 1. The molecule has 1 N–H and O–H groups in total. The van der Waals surface area contributed by atoms with Crippen LogP contribution in [-0.2, 0) is 0 Å². The van der Waals surface area contributed by atoms with Crippen molar-refractivity contribution < 1.29 is 9.90 Å². The van der Waals surface area contributed by atoms with Gasteiger partial charge < -0.3 is 14.9 Å². The van der Waals surface area contributed by atoms with E-state index in [1.165, 1.54) is 0 Å². The molecule has 2 aliphatic rings. The van der Waals surface area contributed by atoms with Gasteiger partial charge in [-0.15, -0.1) is 0 Å². The highest BCUT2D eigenvalue weighted by Crippen LogP contribution is 2.32. The summed E-state index contributed by atoms with van der Waals surface area (Å²) in [6.45, 7) is 4.10. The molecule has 0 bridgehead atoms. The van der Waals surface area contributed by atoms with Crippen molar-refractivity contribution in [3.05, 3.63) is 59.8 Å². The summed E-state index contributed by atoms with van der Waals surface area (Å²) in [6.07, 6.45) is 8.75. The Balaban J connectivity index is 1.33. The zero-order valence-corrected chi connectivity index (χ0v) is 19.1. The summed E-state index contributed by atoms with van der Waals surface area (Å²) in [5.41, 5.74) is 3.83. The van der Waals surface area contributed by atoms with Gasteiger partial charge in [0.25, 0.3) is 5.91 Å². The fraction of sp³-hybridized carbons (Fsp3) is 0.400. The maximum atomic E-state index is 13.5. The number of carbonyl (C=O) groups excluding carboxylic acids is 1. The van der Waals surface area contributed by atoms with Crippen LogP contribution >= 0.6 is 0 Å². The fourth-order valence-corrected chi connectivity index (χ4v) is 5.15. The topological polar surface area (TPSA) is 99.8 Å². The van der Waals surface area contributed by atoms with E-state index in [0.29, 0.717) is 18.8 Å². The smallest absolute Gasteiger partial charge is 0.273 e. The molecule has 0 saturated carbocycles. The van der Waals surface area contributed by atoms with Crippen molar-refractivity contribution in [3.8, 4) is 0 Å². The molecule has 9 nitrogen and oxygen atoms in total. The Bertz CT molecular complexity index is 1380. The van der Waals surface area contributed by atoms with Gasteiger partial charge in [-0.05, 0) is 50.8 Å². The first-order valence-electron chi connectivity index (χ1n) is 11.9. The van der Waals surface area contributed by atoms with E-state index in [-0.39, 0.29) is 18.1 Å². The van der Waals surface area contributed by atoms with Crippen LogP contribution in [-0.4, -0.2) is 66.2 Å². The summed E-state index contributed by atoms with van der Waals surface area (Å²) in [4.78, 5) is 31.1. The highest BCUT2D eigenvalue weighted by atomic mass is 16.3. The number of pyridine rings is 2. The van der Waals surface area contributed by atoms with Gasteiger partial charge in [-0.1, -0.05) is 0 Å². The minimum Gasteiger partial charge on any atom is -0.391 e. The van der Waals surface area contributed by atoms with Crippen molar-refractivity contribution >= 4 is 28.3 Å². The molecule has 2 saturated heterocycles. The third-order valence-corrected chi connectivity index (χ3v) is 6.90. The Kier molecular flexibility index (Phi) is 5.13. The zero-order valence-electron chi connectivity index (χ0n) is 19.1. The Morgan fingerprint density at radius 2 is 2.03 bits per heavy atom. The molecule has 6 heterocycles. The molecule has 4 aromatic rings. The van der Waals surface area contributed by atoms with E-state index in [1.54, 1.807) is 23.0 Å². The lowest BCUT2D eigenvalue weighted by Crippen LogP contribution is -2.39. The molecule has 0 unspecified atom stereocenters. The molecule has 9 heteroatoms. The molecule has 6 rings (SSSR count). The lowest BCUT2D eigenvalue weighted by atomic mass is 9.99. The van der Waals surface area contributed by atoms with Crippen molar-refractivity contribution in [3.63, 3.8) is 0 Å². The van der Waals surface area contributed by atoms with Crippen molar-refractivity contribution in [1.29, 1.82) is 0 Å². The van der Waals surface area contributed by atoms with Crippen LogP contribution < -0.4 is 4.90 Å². The first kappa shape index (κ1) is 21.0. The zero-order chi connectivity index (χ0) is 23.2. The molecule has 0 aromatic carbocycles. The highest BCUT2D eigenvalue weighted by Gasteiger charge is 2.32. The number of carbonyl (C=O) groups is 1. The van der Waals surface area contributed by atoms with Gasteiger partial charge in [0, 0.05) is 55.2 Å². The molecular formula is C25H27N7O2. The monoisotopic (exact) mass is 457 g/mol. The van der Waals surface area contributed by atoms with Gasteiger partial charge in [0.2, 0.25) is 0 Å². The minimum absolute atomic E-state index is 0.0728. The van der Waals surface area contributed by atoms with Gasteiger partial charge in [0.15, 0.2) is 5.65 Å². The second-order valence-electron chi connectivity index (χ2n) is 9.28. The number of hydrogen-bond acceptors (Lipinski definition) is 7. The average Bonchev–Trinajstić information content (AvgIpc) is 3.48. The van der Waals surface area contributed by atoms with Crippen LogP contribution in [0.15, 0.2) is 42.9 Å². The number of likely N-dealkylation sites (tertiary alicyclic amines) is 1. The molecule has 4 aromatic heterocycles. The number of aliphatic hydroxyl groups excluding tert-OH is 1. The Labute approximate surface area is 197 Å². The number of anilines is 1. The van der Waals surface area contributed by atoms with Crippen LogP contribution in [0.2, 0.25) is 0 Å². The second-order valence-corrected chi connectivity index (χ2v) is 9.28. The molecule has 2 atom stereocenters. The van der Waals surface area contributed by atoms with E-state index in [4.69, 9.17) is 10.1 Å². The van der Waals surface area contributed by atoms with E-state index in [2.05, 4.69) is 14.9 Å². The number of hydrogen-bond donors (Lipinski definition) is 1. The molecule has 0 aliphatic carbocycles. The summed E-state index contributed by atoms with van der Waals surface area (Å²) in [6, 6.07) is 7.38. The number of β-amino-alcohol motifs (C(OH)–C–C–N with tert-alkyl or cyclic N) is 1. The highest BCUT2D eigenvalue weighted by molar-refractivity contribution is 5.95. The molecular weight excluding hydrogens is 430 g/mol. The largest absolute Gasteiger partial charge is 0.391 e. The fourth-order valence-electron chi connectivity index (χ4n) is 5.15. The van der Waals surface area contributed by atoms with E-state index in [1.807, 2.05) is 36.2 Å². The quantitative estimate of drug-likeness (QED) is 0.505. The van der Waals surface area contributed by atoms with Gasteiger partial charge in [0.1, 0.15) is 11.5 Å². The SMILES string of the molecule is Cc1cn2nc([C@@H]3CCCCN3C(=O)c3ccc4cnccc4n3)cc2nc1N1CC[C@@H](O)C1.